The van der Waals surface area contributed by atoms with Crippen LogP contribution in [-0.4, -0.2) is 89.4 Å². The van der Waals surface area contributed by atoms with Crippen LogP contribution in [0.3, 0.4) is 0 Å². The van der Waals surface area contributed by atoms with E-state index in [1.54, 1.807) is 0 Å². The van der Waals surface area contributed by atoms with Crippen LogP contribution in [0.15, 0.2) is 38.9 Å². The molecule has 0 aliphatic carbocycles. The van der Waals surface area contributed by atoms with E-state index >= 15 is 0 Å². The number of aromatic amines is 2. The van der Waals surface area contributed by atoms with Gasteiger partial charge in [-0.3, -0.25) is 37.6 Å². The van der Waals surface area contributed by atoms with Gasteiger partial charge in [0.25, 0.3) is 18.9 Å². The van der Waals surface area contributed by atoms with Gasteiger partial charge in [0.2, 0.25) is 0 Å². The molecule has 2 aliphatic heterocycles. The van der Waals surface area contributed by atoms with E-state index in [2.05, 4.69) is 25.6 Å². The fourth-order valence-electron chi connectivity index (χ4n) is 3.95. The van der Waals surface area contributed by atoms with Crippen molar-refractivity contribution in [2.24, 2.45) is 0 Å². The maximum absolute atomic E-state index is 12.5. The Balaban J connectivity index is 1.33. The Labute approximate surface area is 238 Å². The molecular formula is C18H22N4O15P2S2-2. The van der Waals surface area contributed by atoms with Crippen molar-refractivity contribution in [3.05, 3.63) is 60.5 Å². The average Bonchev–Trinajstić information content (AvgIpc) is 3.31. The molecule has 228 valence electrons. The summed E-state index contributed by atoms with van der Waals surface area (Å²) in [4.78, 5) is 63.5. The highest BCUT2D eigenvalue weighted by molar-refractivity contribution is 8.07. The molecule has 2 aromatic heterocycles. The lowest BCUT2D eigenvalue weighted by molar-refractivity contribution is -0.237. The quantitative estimate of drug-likeness (QED) is 0.104. The first kappa shape index (κ1) is 32.1. The first-order valence-electron chi connectivity index (χ1n) is 11.4. The number of hydrogen-bond acceptors (Lipinski definition) is 17. The minimum Gasteiger partial charge on any atom is -0.779 e. The van der Waals surface area contributed by atoms with Crippen molar-refractivity contribution in [2.45, 2.75) is 49.1 Å². The van der Waals surface area contributed by atoms with Crippen LogP contribution in [0.2, 0.25) is 0 Å². The molecule has 6 N–H and O–H groups in total. The molecule has 2 aromatic rings. The van der Waals surface area contributed by atoms with Gasteiger partial charge in [-0.25, -0.2) is 4.79 Å². The largest absolute Gasteiger partial charge is 0.779 e. The van der Waals surface area contributed by atoms with Crippen molar-refractivity contribution in [1.82, 2.24) is 19.1 Å². The normalized spacial score (nSPS) is 32.9. The van der Waals surface area contributed by atoms with E-state index in [1.807, 2.05) is 4.98 Å². The molecule has 3 unspecified atom stereocenters. The number of phosphoric ester groups is 1. The summed E-state index contributed by atoms with van der Waals surface area (Å²) in [5.74, 6) is 0. The van der Waals surface area contributed by atoms with Crippen molar-refractivity contribution in [2.75, 3.05) is 13.2 Å². The molecule has 2 aliphatic rings. The number of aliphatic hydroxyl groups is 4. The van der Waals surface area contributed by atoms with Gasteiger partial charge in [0.15, 0.2) is 17.2 Å². The van der Waals surface area contributed by atoms with Crippen molar-refractivity contribution < 1.29 is 57.6 Å². The van der Waals surface area contributed by atoms with Crippen LogP contribution in [0, 0.1) is 4.77 Å². The molecule has 41 heavy (non-hydrogen) atoms. The van der Waals surface area contributed by atoms with Gasteiger partial charge in [-0.1, -0.05) is 11.8 Å². The van der Waals surface area contributed by atoms with E-state index in [0.717, 1.165) is 27.5 Å². The first-order chi connectivity index (χ1) is 19.1. The molecule has 0 bridgehead atoms. The molecule has 2 saturated heterocycles. The number of aliphatic hydroxyl groups excluding tert-OH is 4. The lowest BCUT2D eigenvalue weighted by Crippen LogP contribution is -2.37. The predicted molar refractivity (Wildman–Crippen MR) is 134 cm³/mol. The fourth-order valence-corrected chi connectivity index (χ4v) is 7.15. The van der Waals surface area contributed by atoms with E-state index in [4.69, 9.17) is 26.2 Å². The summed E-state index contributed by atoms with van der Waals surface area (Å²) in [5, 5.41) is 41.0. The Morgan fingerprint density at radius 1 is 0.854 bits per heavy atom. The number of rotatable bonds is 10. The van der Waals surface area contributed by atoms with Crippen LogP contribution < -0.4 is 26.6 Å². The zero-order chi connectivity index (χ0) is 30.3. The van der Waals surface area contributed by atoms with Crippen molar-refractivity contribution in [1.29, 1.82) is 0 Å². The van der Waals surface area contributed by atoms with Gasteiger partial charge in [0.1, 0.15) is 43.3 Å². The van der Waals surface area contributed by atoms with Crippen molar-refractivity contribution >= 4 is 38.6 Å². The predicted octanol–water partition coefficient (Wildman–Crippen LogP) is -4.20. The Morgan fingerprint density at radius 3 is 1.88 bits per heavy atom. The molecule has 4 heterocycles. The summed E-state index contributed by atoms with van der Waals surface area (Å²) < 4.78 is 38.5. The van der Waals surface area contributed by atoms with Crippen LogP contribution in [0.5, 0.6) is 0 Å². The van der Waals surface area contributed by atoms with Crippen LogP contribution in [0.25, 0.3) is 0 Å². The standard InChI is InChI=1S/C18H24N4O15P2S2/c23-9-1-3-21(17(29)19-9)15-13(27)11(25)7(35-15)5-33-38(30,31)37-39(32,41)34-6-8-12(26)14(28)16(36-8)22-4-2-10(24)20-18(22)40/h1-4,7-8,11-16,25-28H,5-6H2,(H,30,31)(H,32,41)(H,19,23,29)(H,20,24,40)/p-2/t7-,8-,11-,12-,13-,14-,15?,16-,39?/m1/s1. The van der Waals surface area contributed by atoms with E-state index < -0.39 is 93.6 Å². The second-order valence-electron chi connectivity index (χ2n) is 8.69. The molecule has 0 spiro atoms. The second-order valence-corrected chi connectivity index (χ2v) is 13.4. The topological polar surface area (TPSA) is 283 Å². The smallest absolute Gasteiger partial charge is 0.330 e. The first-order valence-corrected chi connectivity index (χ1v) is 15.8. The zero-order valence-electron chi connectivity index (χ0n) is 20.2. The van der Waals surface area contributed by atoms with Crippen LogP contribution >= 0.6 is 26.8 Å². The van der Waals surface area contributed by atoms with Gasteiger partial charge in [-0.2, -0.15) is 0 Å². The molecule has 0 radical (unpaired) electrons. The third kappa shape index (κ3) is 7.42. The highest BCUT2D eigenvalue weighted by atomic mass is 32.5. The second kappa shape index (κ2) is 12.4. The molecular weight excluding hydrogens is 638 g/mol. The van der Waals surface area contributed by atoms with Crippen LogP contribution in [0.4, 0.5) is 0 Å². The number of nitrogens with zero attached hydrogens (tertiary/aromatic N) is 2. The van der Waals surface area contributed by atoms with E-state index in [1.165, 1.54) is 6.20 Å². The van der Waals surface area contributed by atoms with Crippen molar-refractivity contribution in [3.63, 3.8) is 0 Å². The molecule has 19 nitrogen and oxygen atoms in total. The molecule has 0 aromatic carbocycles. The summed E-state index contributed by atoms with van der Waals surface area (Å²) in [5.41, 5.74) is -2.24. The number of phosphoric acid groups is 1. The third-order valence-electron chi connectivity index (χ3n) is 5.92. The molecule has 10 atom stereocenters. The molecule has 2 fully saturated rings. The number of aromatic nitrogens is 4. The van der Waals surface area contributed by atoms with Crippen LogP contribution in [-0.2, 0) is 39.2 Å². The Morgan fingerprint density at radius 2 is 1.34 bits per heavy atom. The van der Waals surface area contributed by atoms with Crippen molar-refractivity contribution in [3.8, 4) is 0 Å². The molecule has 4 rings (SSSR count). The minimum atomic E-state index is -5.52. The van der Waals surface area contributed by atoms with Gasteiger partial charge in [0, 0.05) is 24.5 Å². The lowest BCUT2D eigenvalue weighted by atomic mass is 10.1. The minimum absolute atomic E-state index is 0.141. The number of hydrogen-bond donors (Lipinski definition) is 6. The highest BCUT2D eigenvalue weighted by Gasteiger charge is 2.45. The van der Waals surface area contributed by atoms with Gasteiger partial charge in [-0.05, 0) is 12.2 Å². The van der Waals surface area contributed by atoms with E-state index in [-0.39, 0.29) is 4.77 Å². The maximum atomic E-state index is 12.5. The van der Waals surface area contributed by atoms with Gasteiger partial charge in [-0.15, -0.1) is 0 Å². The summed E-state index contributed by atoms with van der Waals surface area (Å²) in [6.45, 7) is -6.68. The molecule has 0 saturated carbocycles. The molecule has 0 amide bonds. The SMILES string of the molecule is O=c1ccn(C2O[C@H](COP(=O)([O-])OP([O-])(=S)OC[C@H]3O[C@@H](n4ccc(=O)[nH]c4=S)[C@H](O)[C@@H]3O)[C@@H](O)[C@H]2O)c(=O)[nH]1. The van der Waals surface area contributed by atoms with E-state index in [0.29, 0.717) is 0 Å². The summed E-state index contributed by atoms with van der Waals surface area (Å²) in [6, 6.07) is 2.03. The fraction of sp³-hybridized carbons (Fsp3) is 0.556. The van der Waals surface area contributed by atoms with Gasteiger partial charge >= 0.3 is 5.69 Å². The summed E-state index contributed by atoms with van der Waals surface area (Å²) in [7, 11) is -5.52. The highest BCUT2D eigenvalue weighted by Crippen LogP contribution is 2.56. The third-order valence-corrected chi connectivity index (χ3v) is 9.68. The summed E-state index contributed by atoms with van der Waals surface area (Å²) >= 11 is 9.55. The van der Waals surface area contributed by atoms with Gasteiger partial charge in [0.05, 0.1) is 13.2 Å². The lowest BCUT2D eigenvalue weighted by Gasteiger charge is -2.35. The number of H-pyrrole nitrogens is 2. The van der Waals surface area contributed by atoms with E-state index in [9.17, 15) is 49.2 Å². The summed E-state index contributed by atoms with van der Waals surface area (Å²) in [6.07, 6.45) is -10.3. The number of ether oxygens (including phenoxy) is 2. The maximum Gasteiger partial charge on any atom is 0.330 e. The Hall–Kier alpha value is -1.78. The number of nitrogens with one attached hydrogen (secondary N) is 2. The van der Waals surface area contributed by atoms with Gasteiger partial charge < -0.3 is 48.7 Å². The Bertz CT molecular complexity index is 1480. The average molecular weight is 660 g/mol. The Kier molecular flexibility index (Phi) is 9.76. The zero-order valence-corrected chi connectivity index (χ0v) is 23.6. The monoisotopic (exact) mass is 660 g/mol. The van der Waals surface area contributed by atoms with Crippen LogP contribution in [0.1, 0.15) is 12.5 Å². The molecule has 23 heteroatoms.